The van der Waals surface area contributed by atoms with Gasteiger partial charge in [0.2, 0.25) is 0 Å². The summed E-state index contributed by atoms with van der Waals surface area (Å²) in [6.07, 6.45) is -2.00. The Labute approximate surface area is 156 Å². The summed E-state index contributed by atoms with van der Waals surface area (Å²) < 4.78 is 4.82. The number of likely N-dealkylation sites (tertiary alicyclic amines) is 1. The highest BCUT2D eigenvalue weighted by atomic mass is 16.5. The van der Waals surface area contributed by atoms with Crippen molar-refractivity contribution < 1.29 is 29.3 Å². The van der Waals surface area contributed by atoms with Crippen LogP contribution < -0.4 is 4.90 Å². The van der Waals surface area contributed by atoms with Gasteiger partial charge >= 0.3 is 18.2 Å². The Balaban J connectivity index is 2.37. The monoisotopic (exact) mass is 374 g/mol. The van der Waals surface area contributed by atoms with Crippen LogP contribution in [-0.4, -0.2) is 52.6 Å². The third kappa shape index (κ3) is 2.25. The zero-order valence-electron chi connectivity index (χ0n) is 15.4. The molecule has 3 rings (SSSR count). The van der Waals surface area contributed by atoms with Gasteiger partial charge in [-0.15, -0.1) is 6.58 Å². The molecule has 0 spiro atoms. The predicted octanol–water partition coefficient (Wildman–Crippen LogP) is 2.89. The number of ether oxygens (including phenoxy) is 1. The number of esters is 1. The molecule has 0 aromatic heterocycles. The molecule has 2 aliphatic heterocycles. The van der Waals surface area contributed by atoms with Crippen molar-refractivity contribution in [3.8, 4) is 0 Å². The molecule has 0 radical (unpaired) electrons. The number of fused-ring (bicyclic) bond motifs is 3. The fourth-order valence-corrected chi connectivity index (χ4v) is 4.61. The zero-order valence-corrected chi connectivity index (χ0v) is 15.4. The molecule has 1 aromatic carbocycles. The average molecular weight is 374 g/mol. The van der Waals surface area contributed by atoms with Crippen LogP contribution in [0.3, 0.4) is 0 Å². The third-order valence-corrected chi connectivity index (χ3v) is 6.00. The largest absolute Gasteiger partial charge is 0.467 e. The molecule has 144 valence electrons. The van der Waals surface area contributed by atoms with Gasteiger partial charge in [0.15, 0.2) is 0 Å². The van der Waals surface area contributed by atoms with Crippen molar-refractivity contribution in [2.45, 2.75) is 37.9 Å². The predicted molar refractivity (Wildman–Crippen MR) is 96.7 cm³/mol. The number of nitrogens with zero attached hydrogens (tertiary/aromatic N) is 2. The van der Waals surface area contributed by atoms with Crippen molar-refractivity contribution in [1.29, 1.82) is 0 Å². The van der Waals surface area contributed by atoms with E-state index in [0.29, 0.717) is 11.3 Å². The number of allylic oxidation sites excluding steroid dienone is 1. The normalized spacial score (nSPS) is 26.3. The first-order valence-electron chi connectivity index (χ1n) is 8.48. The van der Waals surface area contributed by atoms with Crippen molar-refractivity contribution in [1.82, 2.24) is 4.90 Å². The number of amides is 2. The molecule has 1 fully saturated rings. The van der Waals surface area contributed by atoms with E-state index in [1.165, 1.54) is 7.11 Å². The van der Waals surface area contributed by atoms with E-state index in [2.05, 4.69) is 6.58 Å². The maximum Gasteiger partial charge on any atom is 0.413 e. The Hall–Kier alpha value is -3.03. The molecule has 1 saturated heterocycles. The van der Waals surface area contributed by atoms with Crippen LogP contribution in [0.5, 0.6) is 0 Å². The van der Waals surface area contributed by atoms with Crippen molar-refractivity contribution in [3.05, 3.63) is 42.5 Å². The Bertz CT molecular complexity index is 835. The molecule has 27 heavy (non-hydrogen) atoms. The summed E-state index contributed by atoms with van der Waals surface area (Å²) in [4.78, 5) is 38.6. The Morgan fingerprint density at radius 1 is 1.26 bits per heavy atom. The minimum Gasteiger partial charge on any atom is -0.467 e. The summed E-state index contributed by atoms with van der Waals surface area (Å²) in [6, 6.07) is 5.80. The van der Waals surface area contributed by atoms with E-state index in [1.54, 1.807) is 30.3 Å². The molecule has 2 aliphatic rings. The lowest BCUT2D eigenvalue weighted by molar-refractivity contribution is -0.145. The molecular weight excluding hydrogens is 352 g/mol. The molecule has 2 amide bonds. The standard InChI is InChI=1S/C19H22N2O6/c1-5-18(2,3)19-10-13(14(22)27-4)21(17(25)26)15(19)20(16(23)24)12-9-7-6-8-11(12)19/h5-9,13,15H,1,10H2,2-4H3,(H,23,24)(H,25,26)/t13-,15-,19+/m0/s1. The smallest absolute Gasteiger partial charge is 0.413 e. The van der Waals surface area contributed by atoms with E-state index in [1.807, 2.05) is 13.8 Å². The summed E-state index contributed by atoms with van der Waals surface area (Å²) >= 11 is 0. The van der Waals surface area contributed by atoms with E-state index in [9.17, 15) is 24.6 Å². The van der Waals surface area contributed by atoms with Gasteiger partial charge in [-0.3, -0.25) is 9.80 Å². The number of carboxylic acid groups (broad SMARTS) is 2. The molecule has 0 saturated carbocycles. The van der Waals surface area contributed by atoms with E-state index >= 15 is 0 Å². The second kappa shape index (κ2) is 6.00. The number of para-hydroxylation sites is 1. The van der Waals surface area contributed by atoms with Crippen molar-refractivity contribution in [3.63, 3.8) is 0 Å². The summed E-state index contributed by atoms with van der Waals surface area (Å²) in [5, 5.41) is 19.8. The topological polar surface area (TPSA) is 107 Å². The average Bonchev–Trinajstić information content (AvgIpc) is 3.12. The van der Waals surface area contributed by atoms with Crippen LogP contribution in [0.25, 0.3) is 0 Å². The molecule has 3 atom stereocenters. The Morgan fingerprint density at radius 3 is 2.41 bits per heavy atom. The maximum atomic E-state index is 12.4. The number of rotatable bonds is 3. The number of methoxy groups -OCH3 is 1. The summed E-state index contributed by atoms with van der Waals surface area (Å²) in [5.41, 5.74) is -0.602. The van der Waals surface area contributed by atoms with Crippen molar-refractivity contribution in [2.24, 2.45) is 5.41 Å². The molecular formula is C19H22N2O6. The van der Waals surface area contributed by atoms with E-state index in [4.69, 9.17) is 4.74 Å². The number of carbonyl (C=O) groups excluding carboxylic acids is 1. The van der Waals surface area contributed by atoms with Gasteiger partial charge in [0.1, 0.15) is 12.2 Å². The number of hydrogen-bond acceptors (Lipinski definition) is 4. The SMILES string of the molecule is C=CC(C)(C)[C@@]12C[C@@H](C(=O)OC)N(C(=O)O)[C@@H]1N(C(=O)O)c1ccccc12. The van der Waals surface area contributed by atoms with Gasteiger partial charge in [-0.05, 0) is 23.5 Å². The highest BCUT2D eigenvalue weighted by Gasteiger charge is 2.69. The lowest BCUT2D eigenvalue weighted by Crippen LogP contribution is -2.58. The van der Waals surface area contributed by atoms with Gasteiger partial charge in [-0.2, -0.15) is 0 Å². The molecule has 0 aliphatic carbocycles. The number of benzene rings is 1. The first kappa shape index (κ1) is 18.8. The maximum absolute atomic E-state index is 12.4. The molecule has 1 aromatic rings. The van der Waals surface area contributed by atoms with Crippen molar-refractivity contribution in [2.75, 3.05) is 12.0 Å². The van der Waals surface area contributed by atoms with Crippen LogP contribution >= 0.6 is 0 Å². The second-order valence-corrected chi connectivity index (χ2v) is 7.37. The molecule has 8 nitrogen and oxygen atoms in total. The Kier molecular flexibility index (Phi) is 4.17. The Morgan fingerprint density at radius 2 is 1.89 bits per heavy atom. The van der Waals surface area contributed by atoms with Crippen LogP contribution in [0.1, 0.15) is 25.8 Å². The highest BCUT2D eigenvalue weighted by Crippen LogP contribution is 2.62. The lowest BCUT2D eigenvalue weighted by Gasteiger charge is -2.44. The van der Waals surface area contributed by atoms with Crippen LogP contribution in [-0.2, 0) is 14.9 Å². The van der Waals surface area contributed by atoms with Crippen LogP contribution in [0.4, 0.5) is 15.3 Å². The van der Waals surface area contributed by atoms with Crippen LogP contribution in [0, 0.1) is 5.41 Å². The summed E-state index contributed by atoms with van der Waals surface area (Å²) in [5.74, 6) is -0.714. The number of anilines is 1. The number of hydrogen-bond donors (Lipinski definition) is 2. The van der Waals surface area contributed by atoms with Crippen LogP contribution in [0.15, 0.2) is 36.9 Å². The van der Waals surface area contributed by atoms with Crippen molar-refractivity contribution >= 4 is 23.8 Å². The minimum absolute atomic E-state index is 0.0937. The molecule has 2 N–H and O–H groups in total. The fourth-order valence-electron chi connectivity index (χ4n) is 4.61. The quantitative estimate of drug-likeness (QED) is 0.622. The second-order valence-electron chi connectivity index (χ2n) is 7.37. The molecule has 0 bridgehead atoms. The summed E-state index contributed by atoms with van der Waals surface area (Å²) in [6.45, 7) is 7.63. The van der Waals surface area contributed by atoms with E-state index < -0.39 is 41.2 Å². The minimum atomic E-state index is -1.38. The zero-order chi connectivity index (χ0) is 20.1. The third-order valence-electron chi connectivity index (χ3n) is 6.00. The highest BCUT2D eigenvalue weighted by molar-refractivity contribution is 5.94. The fraction of sp³-hybridized carbons (Fsp3) is 0.421. The molecule has 0 unspecified atom stereocenters. The van der Waals surface area contributed by atoms with E-state index in [0.717, 1.165) is 9.80 Å². The first-order chi connectivity index (χ1) is 12.6. The van der Waals surface area contributed by atoms with Crippen LogP contribution in [0.2, 0.25) is 0 Å². The van der Waals surface area contributed by atoms with Gasteiger partial charge in [0, 0.05) is 5.41 Å². The van der Waals surface area contributed by atoms with Gasteiger partial charge in [-0.1, -0.05) is 38.1 Å². The van der Waals surface area contributed by atoms with Gasteiger partial charge < -0.3 is 14.9 Å². The lowest BCUT2D eigenvalue weighted by atomic mass is 9.60. The first-order valence-corrected chi connectivity index (χ1v) is 8.48. The van der Waals surface area contributed by atoms with Gasteiger partial charge in [0.05, 0.1) is 12.8 Å². The van der Waals surface area contributed by atoms with E-state index in [-0.39, 0.29) is 6.42 Å². The number of carbonyl (C=O) groups is 3. The molecule has 2 heterocycles. The summed E-state index contributed by atoms with van der Waals surface area (Å²) in [7, 11) is 1.19. The van der Waals surface area contributed by atoms with Gasteiger partial charge in [0.25, 0.3) is 0 Å². The van der Waals surface area contributed by atoms with Gasteiger partial charge in [-0.25, -0.2) is 14.4 Å². The molecule has 8 heteroatoms.